The fourth-order valence-corrected chi connectivity index (χ4v) is 8.31. The van der Waals surface area contributed by atoms with Gasteiger partial charge in [-0.05, 0) is 94.1 Å². The second-order valence-corrected chi connectivity index (χ2v) is 12.9. The minimum atomic E-state index is -1.67. The number of hydrogen-bond donors (Lipinski definition) is 2. The number of thiol groups is 1. The molecule has 0 aliphatic carbocycles. The highest BCUT2D eigenvalue weighted by Gasteiger charge is 2.65. The summed E-state index contributed by atoms with van der Waals surface area (Å²) in [7, 11) is 6.64. The average molecular weight is 697 g/mol. The highest BCUT2D eigenvalue weighted by Crippen LogP contribution is 2.61. The minimum absolute atomic E-state index is 0.274. The van der Waals surface area contributed by atoms with Crippen LogP contribution >= 0.6 is 12.6 Å². The van der Waals surface area contributed by atoms with E-state index in [4.69, 9.17) is 31.6 Å². The van der Waals surface area contributed by atoms with Crippen molar-refractivity contribution in [1.29, 1.82) is 0 Å². The molecule has 0 saturated carbocycles. The third-order valence-electron chi connectivity index (χ3n) is 10.2. The molecule has 6 rings (SSSR count). The van der Waals surface area contributed by atoms with Gasteiger partial charge in [-0.1, -0.05) is 109 Å². The third-order valence-corrected chi connectivity index (χ3v) is 10.4. The van der Waals surface area contributed by atoms with Crippen molar-refractivity contribution >= 4 is 12.6 Å². The first-order valence-electron chi connectivity index (χ1n) is 16.9. The summed E-state index contributed by atoms with van der Waals surface area (Å²) >= 11 is 4.94. The number of benzene rings is 6. The summed E-state index contributed by atoms with van der Waals surface area (Å²) in [5, 5.41) is 14.9. The van der Waals surface area contributed by atoms with Gasteiger partial charge < -0.3 is 24.1 Å². The molecule has 260 valence electrons. The molecule has 0 spiro atoms. The standard InChI is InChI=1S/C45H44O5S/c1-47-39-23-15-35(16-24-39)44(33-11-7-5-8-12-33,36-17-25-40(48-2)26-18-36)43(46,31-32-51)45(34-13-9-6-10-14-34,37-19-27-41(49-3)28-20-37)38-21-29-42(50-4)30-22-38/h5-30,46,51H,31-32H2,1-4H3. The SMILES string of the molecule is COc1ccc(C(c2ccccc2)(c2ccc(OC)cc2)C(O)(CCS)C(c2ccccc2)(c2ccc(OC)cc2)c2ccc(OC)cc2)cc1. The molecule has 0 aromatic heterocycles. The Morgan fingerprint density at radius 1 is 0.392 bits per heavy atom. The molecule has 0 bridgehead atoms. The quantitative estimate of drug-likeness (QED) is 0.0879. The monoisotopic (exact) mass is 696 g/mol. The minimum Gasteiger partial charge on any atom is -0.497 e. The van der Waals surface area contributed by atoms with Gasteiger partial charge >= 0.3 is 0 Å². The van der Waals surface area contributed by atoms with E-state index in [0.29, 0.717) is 28.8 Å². The molecular weight excluding hydrogens is 653 g/mol. The van der Waals surface area contributed by atoms with Gasteiger partial charge in [0.1, 0.15) is 28.6 Å². The largest absolute Gasteiger partial charge is 0.497 e. The molecule has 5 nitrogen and oxygen atoms in total. The first kappa shape index (κ1) is 35.6. The Balaban J connectivity index is 1.90. The van der Waals surface area contributed by atoms with Crippen molar-refractivity contribution in [3.05, 3.63) is 191 Å². The van der Waals surface area contributed by atoms with E-state index >= 15 is 0 Å². The summed E-state index contributed by atoms with van der Waals surface area (Å²) < 4.78 is 22.6. The lowest BCUT2D eigenvalue weighted by Crippen LogP contribution is -2.66. The predicted molar refractivity (Wildman–Crippen MR) is 208 cm³/mol. The predicted octanol–water partition coefficient (Wildman–Crippen LogP) is 9.14. The Morgan fingerprint density at radius 3 is 0.843 bits per heavy atom. The molecule has 0 radical (unpaired) electrons. The maximum absolute atomic E-state index is 14.9. The molecule has 6 heteroatoms. The van der Waals surface area contributed by atoms with Crippen LogP contribution in [0, 0.1) is 0 Å². The molecule has 0 aliphatic heterocycles. The Kier molecular flexibility index (Phi) is 10.8. The second kappa shape index (κ2) is 15.4. The van der Waals surface area contributed by atoms with E-state index in [1.54, 1.807) is 28.4 Å². The van der Waals surface area contributed by atoms with Crippen LogP contribution in [0.1, 0.15) is 39.8 Å². The van der Waals surface area contributed by atoms with Gasteiger partial charge in [0, 0.05) is 0 Å². The van der Waals surface area contributed by atoms with Crippen molar-refractivity contribution < 1.29 is 24.1 Å². The van der Waals surface area contributed by atoms with E-state index in [1.807, 2.05) is 84.9 Å². The van der Waals surface area contributed by atoms with Crippen molar-refractivity contribution in [2.24, 2.45) is 0 Å². The van der Waals surface area contributed by atoms with E-state index in [1.165, 1.54) is 0 Å². The second-order valence-electron chi connectivity index (χ2n) is 12.5. The van der Waals surface area contributed by atoms with Gasteiger partial charge in [0.2, 0.25) is 0 Å². The first-order chi connectivity index (χ1) is 24.9. The maximum Gasteiger partial charge on any atom is 0.118 e. The number of methoxy groups -OCH3 is 4. The molecule has 0 saturated heterocycles. The number of rotatable bonds is 14. The lowest BCUT2D eigenvalue weighted by molar-refractivity contribution is -0.0543. The van der Waals surface area contributed by atoms with Crippen LogP contribution in [-0.4, -0.2) is 44.9 Å². The molecule has 0 heterocycles. The molecule has 0 fully saturated rings. The highest BCUT2D eigenvalue weighted by atomic mass is 32.1. The molecule has 6 aromatic rings. The van der Waals surface area contributed by atoms with E-state index in [9.17, 15) is 5.11 Å². The van der Waals surface area contributed by atoms with Gasteiger partial charge in [0.25, 0.3) is 0 Å². The van der Waals surface area contributed by atoms with E-state index in [-0.39, 0.29) is 6.42 Å². The molecule has 51 heavy (non-hydrogen) atoms. The lowest BCUT2D eigenvalue weighted by atomic mass is 9.45. The lowest BCUT2D eigenvalue weighted by Gasteiger charge is -2.59. The molecule has 0 aliphatic rings. The number of ether oxygens (including phenoxy) is 4. The fraction of sp³-hybridized carbons (Fsp3) is 0.200. The van der Waals surface area contributed by atoms with Crippen molar-refractivity contribution in [3.63, 3.8) is 0 Å². The van der Waals surface area contributed by atoms with Gasteiger partial charge in [-0.25, -0.2) is 0 Å². The summed E-state index contributed by atoms with van der Waals surface area (Å²) in [6.45, 7) is 0. The van der Waals surface area contributed by atoms with Crippen LogP contribution in [0.2, 0.25) is 0 Å². The summed E-state index contributed by atoms with van der Waals surface area (Å²) in [6.07, 6.45) is 0.274. The fourth-order valence-electron chi connectivity index (χ4n) is 7.99. The normalized spacial score (nSPS) is 11.9. The molecule has 0 unspecified atom stereocenters. The Bertz CT molecular complexity index is 1740. The first-order valence-corrected chi connectivity index (χ1v) is 17.6. The van der Waals surface area contributed by atoms with Crippen LogP contribution in [0.3, 0.4) is 0 Å². The third kappa shape index (κ3) is 6.02. The molecule has 0 atom stereocenters. The van der Waals surface area contributed by atoms with Gasteiger partial charge in [0.15, 0.2) is 0 Å². The van der Waals surface area contributed by atoms with Crippen molar-refractivity contribution in [2.75, 3.05) is 34.2 Å². The topological polar surface area (TPSA) is 57.2 Å². The summed E-state index contributed by atoms with van der Waals surface area (Å²) in [4.78, 5) is 0. The maximum atomic E-state index is 14.9. The van der Waals surface area contributed by atoms with Gasteiger partial charge in [-0.2, -0.15) is 12.6 Å². The van der Waals surface area contributed by atoms with Crippen LogP contribution < -0.4 is 18.9 Å². The average Bonchev–Trinajstić information content (AvgIpc) is 3.20. The molecule has 0 amide bonds. The van der Waals surface area contributed by atoms with Crippen molar-refractivity contribution in [2.45, 2.75) is 22.9 Å². The van der Waals surface area contributed by atoms with Gasteiger partial charge in [0.05, 0.1) is 39.3 Å². The Morgan fingerprint density at radius 2 is 0.627 bits per heavy atom. The zero-order chi connectivity index (χ0) is 35.9. The van der Waals surface area contributed by atoms with Gasteiger partial charge in [-0.3, -0.25) is 0 Å². The number of hydrogen-bond acceptors (Lipinski definition) is 6. The zero-order valence-electron chi connectivity index (χ0n) is 29.5. The van der Waals surface area contributed by atoms with Crippen LogP contribution in [0.25, 0.3) is 0 Å². The zero-order valence-corrected chi connectivity index (χ0v) is 30.3. The number of aliphatic hydroxyl groups is 1. The van der Waals surface area contributed by atoms with E-state index in [0.717, 1.165) is 33.4 Å². The highest BCUT2D eigenvalue weighted by molar-refractivity contribution is 7.80. The molecule has 6 aromatic carbocycles. The Labute approximate surface area is 306 Å². The van der Waals surface area contributed by atoms with Crippen LogP contribution in [0.5, 0.6) is 23.0 Å². The van der Waals surface area contributed by atoms with E-state index in [2.05, 4.69) is 72.8 Å². The van der Waals surface area contributed by atoms with Crippen molar-refractivity contribution in [1.82, 2.24) is 0 Å². The summed E-state index contributed by atoms with van der Waals surface area (Å²) in [5.74, 6) is 3.24. The molecular formula is C45H44O5S. The summed E-state index contributed by atoms with van der Waals surface area (Å²) in [5.41, 5.74) is 1.24. The van der Waals surface area contributed by atoms with Gasteiger partial charge in [-0.15, -0.1) is 0 Å². The van der Waals surface area contributed by atoms with Crippen LogP contribution in [0.15, 0.2) is 158 Å². The summed E-state index contributed by atoms with van der Waals surface area (Å²) in [6, 6.07) is 52.8. The van der Waals surface area contributed by atoms with E-state index < -0.39 is 16.4 Å². The smallest absolute Gasteiger partial charge is 0.118 e. The Hall–Kier alpha value is -5.17. The van der Waals surface area contributed by atoms with Crippen LogP contribution in [-0.2, 0) is 10.8 Å². The molecule has 1 N–H and O–H groups in total. The van der Waals surface area contributed by atoms with Crippen molar-refractivity contribution in [3.8, 4) is 23.0 Å². The van der Waals surface area contributed by atoms with Crippen LogP contribution in [0.4, 0.5) is 0 Å².